The van der Waals surface area contributed by atoms with Crippen LogP contribution in [0.25, 0.3) is 55.2 Å². The molecule has 9 heteroatoms. The number of anilines is 1. The fourth-order valence-electron chi connectivity index (χ4n) is 4.42. The number of rotatable bonds is 5. The normalized spacial score (nSPS) is 13.5. The predicted molar refractivity (Wildman–Crippen MR) is 142 cm³/mol. The Morgan fingerprint density at radius 2 is 1.94 bits per heavy atom. The van der Waals surface area contributed by atoms with Crippen LogP contribution < -0.4 is 5.32 Å². The lowest BCUT2D eigenvalue weighted by Gasteiger charge is -2.07. The van der Waals surface area contributed by atoms with Crippen LogP contribution in [0, 0.1) is 12.8 Å². The molecule has 1 saturated carbocycles. The number of imidazole rings is 1. The van der Waals surface area contributed by atoms with Crippen molar-refractivity contribution < 1.29 is 4.79 Å². The predicted octanol–water partition coefficient (Wildman–Crippen LogP) is 5.95. The van der Waals surface area contributed by atoms with Crippen molar-refractivity contribution in [3.05, 3.63) is 65.9 Å². The lowest BCUT2D eigenvalue weighted by Crippen LogP contribution is -2.13. The number of aromatic nitrogens is 6. The van der Waals surface area contributed by atoms with Gasteiger partial charge in [0.1, 0.15) is 16.9 Å². The lowest BCUT2D eigenvalue weighted by atomic mass is 10.0. The number of amides is 1. The molecule has 36 heavy (non-hydrogen) atoms. The molecule has 0 unspecified atom stereocenters. The average Bonchev–Trinajstić information content (AvgIpc) is 3.30. The van der Waals surface area contributed by atoms with Crippen LogP contribution >= 0.6 is 11.3 Å². The maximum absolute atomic E-state index is 12.2. The van der Waals surface area contributed by atoms with Crippen molar-refractivity contribution in [1.82, 2.24) is 30.1 Å². The molecule has 0 atom stereocenters. The number of H-pyrrole nitrogens is 2. The summed E-state index contributed by atoms with van der Waals surface area (Å²) in [6.45, 7) is 2.09. The molecule has 0 radical (unpaired) electrons. The molecule has 5 heterocycles. The van der Waals surface area contributed by atoms with Crippen LogP contribution in [0.1, 0.15) is 17.7 Å². The van der Waals surface area contributed by atoms with Crippen molar-refractivity contribution in [2.24, 2.45) is 5.92 Å². The van der Waals surface area contributed by atoms with Crippen molar-refractivity contribution in [1.29, 1.82) is 0 Å². The quantitative estimate of drug-likeness (QED) is 0.276. The number of thiophene rings is 1. The van der Waals surface area contributed by atoms with E-state index < -0.39 is 0 Å². The van der Waals surface area contributed by atoms with E-state index in [2.05, 4.69) is 55.6 Å². The number of carbonyl (C=O) groups excluding carboxylic acids is 1. The monoisotopic (exact) mass is 491 g/mol. The summed E-state index contributed by atoms with van der Waals surface area (Å²) >= 11 is 1.70. The second kappa shape index (κ2) is 8.10. The fraction of sp³-hybridized carbons (Fsp3) is 0.148. The molecule has 7 rings (SSSR count). The summed E-state index contributed by atoms with van der Waals surface area (Å²) < 4.78 is 0. The molecule has 1 aromatic carbocycles. The van der Waals surface area contributed by atoms with Crippen LogP contribution in [-0.2, 0) is 4.79 Å². The third-order valence-electron chi connectivity index (χ3n) is 6.45. The summed E-state index contributed by atoms with van der Waals surface area (Å²) in [5.74, 6) is 0.888. The van der Waals surface area contributed by atoms with Crippen LogP contribution in [0.15, 0.2) is 61.1 Å². The molecule has 176 valence electrons. The second-order valence-electron chi connectivity index (χ2n) is 9.11. The molecule has 1 fully saturated rings. The van der Waals surface area contributed by atoms with Crippen molar-refractivity contribution in [3.63, 3.8) is 0 Å². The molecule has 0 bridgehead atoms. The van der Waals surface area contributed by atoms with Gasteiger partial charge in [0.2, 0.25) is 5.91 Å². The Morgan fingerprint density at radius 3 is 2.78 bits per heavy atom. The van der Waals surface area contributed by atoms with Gasteiger partial charge in [-0.2, -0.15) is 5.10 Å². The van der Waals surface area contributed by atoms with Crippen molar-refractivity contribution in [3.8, 4) is 33.2 Å². The van der Waals surface area contributed by atoms with Gasteiger partial charge in [0.25, 0.3) is 0 Å². The van der Waals surface area contributed by atoms with Crippen LogP contribution in [0.4, 0.5) is 5.69 Å². The number of hydrogen-bond donors (Lipinski definition) is 3. The number of pyridine rings is 2. The van der Waals surface area contributed by atoms with Crippen molar-refractivity contribution >= 4 is 44.9 Å². The lowest BCUT2D eigenvalue weighted by molar-refractivity contribution is -0.117. The van der Waals surface area contributed by atoms with E-state index in [1.165, 1.54) is 4.88 Å². The highest BCUT2D eigenvalue weighted by Crippen LogP contribution is 2.35. The van der Waals surface area contributed by atoms with Gasteiger partial charge < -0.3 is 10.3 Å². The molecule has 3 N–H and O–H groups in total. The molecular weight excluding hydrogens is 470 g/mol. The summed E-state index contributed by atoms with van der Waals surface area (Å²) in [4.78, 5) is 31.8. The zero-order valence-electron chi connectivity index (χ0n) is 19.4. The molecule has 1 aliphatic rings. The fourth-order valence-corrected chi connectivity index (χ4v) is 5.28. The first kappa shape index (κ1) is 21.0. The van der Waals surface area contributed by atoms with Gasteiger partial charge in [-0.1, -0.05) is 6.07 Å². The third kappa shape index (κ3) is 3.64. The smallest absolute Gasteiger partial charge is 0.227 e. The number of carbonyl (C=O) groups is 1. The Balaban J connectivity index is 1.28. The molecule has 1 amide bonds. The topological polar surface area (TPSA) is 112 Å². The van der Waals surface area contributed by atoms with Gasteiger partial charge >= 0.3 is 0 Å². The Bertz CT molecular complexity index is 1780. The van der Waals surface area contributed by atoms with E-state index in [-0.39, 0.29) is 11.8 Å². The average molecular weight is 492 g/mol. The first-order chi connectivity index (χ1) is 17.6. The van der Waals surface area contributed by atoms with Gasteiger partial charge in [-0.05, 0) is 61.7 Å². The highest BCUT2D eigenvalue weighted by atomic mass is 32.1. The second-order valence-corrected chi connectivity index (χ2v) is 10.4. The highest BCUT2D eigenvalue weighted by Gasteiger charge is 2.29. The van der Waals surface area contributed by atoms with Crippen molar-refractivity contribution in [2.45, 2.75) is 19.8 Å². The minimum absolute atomic E-state index is 0.0676. The van der Waals surface area contributed by atoms with Crippen LogP contribution in [-0.4, -0.2) is 36.0 Å². The minimum atomic E-state index is 0.0676. The van der Waals surface area contributed by atoms with Crippen LogP contribution in [0.5, 0.6) is 0 Å². The van der Waals surface area contributed by atoms with Gasteiger partial charge in [-0.15, -0.1) is 11.3 Å². The summed E-state index contributed by atoms with van der Waals surface area (Å²) in [5, 5.41) is 11.6. The number of aromatic amines is 2. The van der Waals surface area contributed by atoms with E-state index in [1.807, 2.05) is 24.3 Å². The van der Waals surface area contributed by atoms with E-state index in [4.69, 9.17) is 4.98 Å². The van der Waals surface area contributed by atoms with E-state index in [0.717, 1.165) is 62.2 Å². The zero-order chi connectivity index (χ0) is 24.2. The van der Waals surface area contributed by atoms with E-state index in [0.29, 0.717) is 11.5 Å². The third-order valence-corrected chi connectivity index (χ3v) is 7.46. The van der Waals surface area contributed by atoms with Gasteiger partial charge in [-0.3, -0.25) is 19.9 Å². The van der Waals surface area contributed by atoms with Crippen LogP contribution in [0.3, 0.4) is 0 Å². The Hall–Kier alpha value is -4.37. The Labute approximate surface area is 209 Å². The summed E-state index contributed by atoms with van der Waals surface area (Å²) in [6, 6.07) is 14.2. The standard InChI is InChI=1S/C27H21N7OS/c1-14-2-7-22(36-14)25-24-21(8-9-29-25)31-26(32-24)23-19-11-16(5-6-20(19)33-34-23)17-10-18(13-28-12-17)30-27(35)15-3-4-15/h2,5-13,15H,3-4H2,1H3,(H,30,35)(H,31,32)(H,33,34). The Kier molecular flexibility index (Phi) is 4.71. The molecule has 8 nitrogen and oxygen atoms in total. The zero-order valence-corrected chi connectivity index (χ0v) is 20.2. The number of hydrogen-bond acceptors (Lipinski definition) is 6. The molecule has 1 aliphatic carbocycles. The number of aryl methyl sites for hydroxylation is 1. The number of fused-ring (bicyclic) bond motifs is 2. The minimum Gasteiger partial charge on any atom is -0.336 e. The highest BCUT2D eigenvalue weighted by molar-refractivity contribution is 7.15. The maximum atomic E-state index is 12.2. The Morgan fingerprint density at radius 1 is 1.03 bits per heavy atom. The first-order valence-corrected chi connectivity index (χ1v) is 12.6. The molecule has 5 aromatic heterocycles. The molecule has 6 aromatic rings. The first-order valence-electron chi connectivity index (χ1n) is 11.8. The summed E-state index contributed by atoms with van der Waals surface area (Å²) in [6.07, 6.45) is 7.21. The number of benzene rings is 1. The van der Waals surface area contributed by atoms with Gasteiger partial charge in [0.05, 0.1) is 27.8 Å². The summed E-state index contributed by atoms with van der Waals surface area (Å²) in [5.41, 5.74) is 6.86. The largest absolute Gasteiger partial charge is 0.336 e. The number of nitrogens with zero attached hydrogens (tertiary/aromatic N) is 4. The number of nitrogens with one attached hydrogen (secondary N) is 3. The molecular formula is C27H21N7OS. The van der Waals surface area contributed by atoms with Crippen LogP contribution in [0.2, 0.25) is 0 Å². The summed E-state index contributed by atoms with van der Waals surface area (Å²) in [7, 11) is 0. The van der Waals surface area contributed by atoms with E-state index in [9.17, 15) is 4.79 Å². The maximum Gasteiger partial charge on any atom is 0.227 e. The van der Waals surface area contributed by atoms with Gasteiger partial charge in [0, 0.05) is 34.1 Å². The molecule has 0 spiro atoms. The van der Waals surface area contributed by atoms with E-state index >= 15 is 0 Å². The van der Waals surface area contributed by atoms with E-state index in [1.54, 1.807) is 29.9 Å². The van der Waals surface area contributed by atoms with Gasteiger partial charge in [0.15, 0.2) is 5.82 Å². The SMILES string of the molecule is Cc1ccc(-c2nccc3[nH]c(-c4n[nH]c5ccc(-c6cncc(NC(=O)C7CC7)c6)cc45)nc23)s1. The van der Waals surface area contributed by atoms with Gasteiger partial charge in [-0.25, -0.2) is 4.98 Å². The molecule has 0 aliphatic heterocycles. The van der Waals surface area contributed by atoms with Crippen molar-refractivity contribution in [2.75, 3.05) is 5.32 Å². The molecule has 0 saturated heterocycles.